The van der Waals surface area contributed by atoms with Gasteiger partial charge in [-0.05, 0) is 30.7 Å². The van der Waals surface area contributed by atoms with Crippen LogP contribution in [-0.4, -0.2) is 7.11 Å². The molecule has 0 bridgehead atoms. The van der Waals surface area contributed by atoms with Crippen molar-refractivity contribution < 1.29 is 13.6 Å². The molecule has 0 amide bonds. The van der Waals surface area contributed by atoms with Crippen molar-refractivity contribution in [2.24, 2.45) is 5.50 Å². The van der Waals surface area contributed by atoms with Gasteiger partial charge < -0.3 is 4.52 Å². The summed E-state index contributed by atoms with van der Waals surface area (Å²) in [5, 5.41) is 0.583. The minimum Gasteiger partial charge on any atom is -0.413 e. The Morgan fingerprint density at radius 2 is 2.14 bits per heavy atom. The third-order valence-corrected chi connectivity index (χ3v) is 2.81. The maximum absolute atomic E-state index is 11.3. The predicted molar refractivity (Wildman–Crippen MR) is 55.6 cm³/mol. The molecular weight excluding hydrogens is 225 g/mol. The molecular formula is C8H11ClNO3P. The molecule has 0 aliphatic carbocycles. The summed E-state index contributed by atoms with van der Waals surface area (Å²) in [6.45, 7) is 1.77. The number of aryl methyl sites for hydroxylation is 1. The Morgan fingerprint density at radius 1 is 1.50 bits per heavy atom. The number of nitrogens with two attached hydrogens (primary N) is 1. The molecule has 2 N–H and O–H groups in total. The van der Waals surface area contributed by atoms with Gasteiger partial charge in [0.2, 0.25) is 0 Å². The van der Waals surface area contributed by atoms with E-state index in [0.717, 1.165) is 5.56 Å². The zero-order valence-corrected chi connectivity index (χ0v) is 9.51. The Bertz CT molecular complexity index is 383. The second-order valence-electron chi connectivity index (χ2n) is 2.72. The third-order valence-electron chi connectivity index (χ3n) is 1.62. The van der Waals surface area contributed by atoms with Crippen LogP contribution >= 0.6 is 19.3 Å². The van der Waals surface area contributed by atoms with E-state index < -0.39 is 7.75 Å². The lowest BCUT2D eigenvalue weighted by atomic mass is 10.2. The van der Waals surface area contributed by atoms with Crippen molar-refractivity contribution in [3.8, 4) is 5.75 Å². The van der Waals surface area contributed by atoms with Crippen LogP contribution in [0.5, 0.6) is 5.75 Å². The second kappa shape index (κ2) is 4.32. The van der Waals surface area contributed by atoms with Crippen LogP contribution in [0.3, 0.4) is 0 Å². The molecule has 0 radical (unpaired) electrons. The van der Waals surface area contributed by atoms with Crippen molar-refractivity contribution in [1.29, 1.82) is 0 Å². The summed E-state index contributed by atoms with van der Waals surface area (Å²) in [5.74, 6) is 0.405. The number of benzene rings is 1. The lowest BCUT2D eigenvalue weighted by Gasteiger charge is -2.13. The molecule has 0 heterocycles. The second-order valence-corrected chi connectivity index (χ2v) is 4.79. The summed E-state index contributed by atoms with van der Waals surface area (Å²) < 4.78 is 20.8. The van der Waals surface area contributed by atoms with E-state index >= 15 is 0 Å². The van der Waals surface area contributed by atoms with Crippen LogP contribution in [0.1, 0.15) is 5.56 Å². The maximum atomic E-state index is 11.3. The molecule has 1 rings (SSSR count). The van der Waals surface area contributed by atoms with Gasteiger partial charge in [0.25, 0.3) is 0 Å². The fourth-order valence-corrected chi connectivity index (χ4v) is 1.67. The lowest BCUT2D eigenvalue weighted by molar-refractivity contribution is 0.322. The zero-order valence-electron chi connectivity index (χ0n) is 7.86. The zero-order chi connectivity index (χ0) is 10.8. The van der Waals surface area contributed by atoms with E-state index in [9.17, 15) is 4.57 Å². The maximum Gasteiger partial charge on any atom is 0.455 e. The Hall–Kier alpha value is -0.540. The highest BCUT2D eigenvalue weighted by Crippen LogP contribution is 2.40. The number of hydrogen-bond acceptors (Lipinski definition) is 3. The molecule has 0 fully saturated rings. The van der Waals surface area contributed by atoms with E-state index in [-0.39, 0.29) is 0 Å². The molecule has 1 aromatic rings. The Labute approximate surface area is 87.6 Å². The minimum absolute atomic E-state index is 0.405. The fourth-order valence-electron chi connectivity index (χ4n) is 0.890. The smallest absolute Gasteiger partial charge is 0.413 e. The minimum atomic E-state index is -3.48. The average molecular weight is 236 g/mol. The van der Waals surface area contributed by atoms with Gasteiger partial charge in [0.1, 0.15) is 5.75 Å². The highest BCUT2D eigenvalue weighted by Gasteiger charge is 2.18. The normalized spacial score (nSPS) is 14.9. The summed E-state index contributed by atoms with van der Waals surface area (Å²) >= 11 is 5.73. The predicted octanol–water partition coefficient (Wildman–Crippen LogP) is 2.74. The Morgan fingerprint density at radius 3 is 2.64 bits per heavy atom. The Balaban J connectivity index is 2.93. The first-order valence-corrected chi connectivity index (χ1v) is 5.84. The van der Waals surface area contributed by atoms with Gasteiger partial charge in [-0.15, -0.1) is 0 Å². The van der Waals surface area contributed by atoms with Crippen molar-refractivity contribution >= 4 is 19.3 Å². The summed E-state index contributed by atoms with van der Waals surface area (Å²) in [7, 11) is -2.25. The SMILES string of the molecule is COP(N)(=O)Oc1ccc(Cl)cc1C. The molecule has 4 nitrogen and oxygen atoms in total. The first kappa shape index (κ1) is 11.5. The monoisotopic (exact) mass is 235 g/mol. The number of hydrogen-bond donors (Lipinski definition) is 1. The molecule has 14 heavy (non-hydrogen) atoms. The molecule has 0 saturated heterocycles. The van der Waals surface area contributed by atoms with Gasteiger partial charge in [0, 0.05) is 12.1 Å². The molecule has 1 unspecified atom stereocenters. The summed E-state index contributed by atoms with van der Waals surface area (Å²) in [6, 6.07) is 4.91. The van der Waals surface area contributed by atoms with Crippen molar-refractivity contribution in [2.45, 2.75) is 6.92 Å². The van der Waals surface area contributed by atoms with E-state index in [0.29, 0.717) is 10.8 Å². The van der Waals surface area contributed by atoms with Gasteiger partial charge in [0.05, 0.1) is 0 Å². The van der Waals surface area contributed by atoms with Gasteiger partial charge in [-0.1, -0.05) is 11.6 Å². The van der Waals surface area contributed by atoms with Crippen LogP contribution in [-0.2, 0) is 9.09 Å². The number of halogens is 1. The highest BCUT2D eigenvalue weighted by atomic mass is 35.5. The van der Waals surface area contributed by atoms with Crippen LogP contribution in [0.15, 0.2) is 18.2 Å². The van der Waals surface area contributed by atoms with E-state index in [1.165, 1.54) is 7.11 Å². The first-order chi connectivity index (χ1) is 6.44. The summed E-state index contributed by atoms with van der Waals surface area (Å²) in [5.41, 5.74) is 5.98. The molecule has 0 aliphatic rings. The van der Waals surface area contributed by atoms with Crippen molar-refractivity contribution in [3.05, 3.63) is 28.8 Å². The number of rotatable bonds is 3. The summed E-state index contributed by atoms with van der Waals surface area (Å²) in [4.78, 5) is 0. The quantitative estimate of drug-likeness (QED) is 0.819. The molecule has 78 valence electrons. The molecule has 0 aliphatic heterocycles. The molecule has 0 spiro atoms. The topological polar surface area (TPSA) is 61.5 Å². The van der Waals surface area contributed by atoms with Crippen LogP contribution in [0.25, 0.3) is 0 Å². The molecule has 1 aromatic carbocycles. The third kappa shape index (κ3) is 3.00. The van der Waals surface area contributed by atoms with E-state index in [1.807, 2.05) is 0 Å². The molecule has 0 aromatic heterocycles. The standard InChI is InChI=1S/C8H11ClNO3P/c1-6-5-7(9)3-4-8(6)13-14(10,11)12-2/h3-5H,1-2H3,(H2,10,11). The van der Waals surface area contributed by atoms with Gasteiger partial charge >= 0.3 is 7.75 Å². The van der Waals surface area contributed by atoms with E-state index in [2.05, 4.69) is 4.52 Å². The van der Waals surface area contributed by atoms with Gasteiger partial charge in [-0.2, -0.15) is 0 Å². The average Bonchev–Trinajstić information content (AvgIpc) is 2.10. The molecule has 1 atom stereocenters. The first-order valence-electron chi connectivity index (χ1n) is 3.85. The van der Waals surface area contributed by atoms with Crippen molar-refractivity contribution in [3.63, 3.8) is 0 Å². The summed E-state index contributed by atoms with van der Waals surface area (Å²) in [6.07, 6.45) is 0. The molecule has 0 saturated carbocycles. The highest BCUT2D eigenvalue weighted by molar-refractivity contribution is 7.51. The fraction of sp³-hybridized carbons (Fsp3) is 0.250. The van der Waals surface area contributed by atoms with Gasteiger partial charge in [-0.25, -0.2) is 10.1 Å². The Kier molecular flexibility index (Phi) is 3.56. The van der Waals surface area contributed by atoms with Crippen LogP contribution < -0.4 is 10.0 Å². The van der Waals surface area contributed by atoms with Crippen LogP contribution in [0.2, 0.25) is 5.02 Å². The molecule has 6 heteroatoms. The largest absolute Gasteiger partial charge is 0.455 e. The van der Waals surface area contributed by atoms with Gasteiger partial charge in [-0.3, -0.25) is 4.52 Å². The van der Waals surface area contributed by atoms with Crippen LogP contribution in [0.4, 0.5) is 0 Å². The van der Waals surface area contributed by atoms with Crippen LogP contribution in [0, 0.1) is 6.92 Å². The van der Waals surface area contributed by atoms with Gasteiger partial charge in [0.15, 0.2) is 0 Å². The lowest BCUT2D eigenvalue weighted by Crippen LogP contribution is -2.04. The van der Waals surface area contributed by atoms with E-state index in [1.54, 1.807) is 25.1 Å². The van der Waals surface area contributed by atoms with Crippen molar-refractivity contribution in [2.75, 3.05) is 7.11 Å². The van der Waals surface area contributed by atoms with E-state index in [4.69, 9.17) is 21.6 Å². The van der Waals surface area contributed by atoms with Crippen molar-refractivity contribution in [1.82, 2.24) is 0 Å².